The smallest absolute Gasteiger partial charge is 0.269 e. The Labute approximate surface area is 134 Å². The predicted molar refractivity (Wildman–Crippen MR) is 87.9 cm³/mol. The van der Waals surface area contributed by atoms with Crippen LogP contribution in [0.2, 0.25) is 0 Å². The minimum atomic E-state index is -0.424. The Kier molecular flexibility index (Phi) is 5.43. The van der Waals surface area contributed by atoms with Crippen LogP contribution in [0, 0.1) is 10.1 Å². The second-order valence-corrected chi connectivity index (χ2v) is 5.30. The van der Waals surface area contributed by atoms with Crippen molar-refractivity contribution in [1.29, 1.82) is 0 Å². The minimum Gasteiger partial charge on any atom is -0.348 e. The van der Waals surface area contributed by atoms with Crippen molar-refractivity contribution in [2.75, 3.05) is 6.54 Å². The van der Waals surface area contributed by atoms with Crippen molar-refractivity contribution < 1.29 is 9.72 Å². The lowest BCUT2D eigenvalue weighted by Gasteiger charge is -2.26. The molecule has 23 heavy (non-hydrogen) atoms. The van der Waals surface area contributed by atoms with Crippen LogP contribution in [0.25, 0.3) is 0 Å². The van der Waals surface area contributed by atoms with Crippen LogP contribution in [0.1, 0.15) is 30.0 Å². The number of hydrogen-bond donors (Lipinski definition) is 2. The summed E-state index contributed by atoms with van der Waals surface area (Å²) in [4.78, 5) is 22.3. The van der Waals surface area contributed by atoms with E-state index in [1.165, 1.54) is 12.1 Å². The quantitative estimate of drug-likeness (QED) is 0.632. The predicted octanol–water partition coefficient (Wildman–Crippen LogP) is 2.51. The molecular weight excluding hydrogens is 294 g/mol. The maximum absolute atomic E-state index is 11.8. The fraction of sp³-hybridized carbons (Fsp3) is 0.235. The van der Waals surface area contributed by atoms with Gasteiger partial charge in [-0.25, -0.2) is 0 Å². The summed E-state index contributed by atoms with van der Waals surface area (Å²) in [5.41, 5.74) is 7.14. The summed E-state index contributed by atoms with van der Waals surface area (Å²) in [6.45, 7) is 1.82. The van der Waals surface area contributed by atoms with Crippen LogP contribution >= 0.6 is 0 Å². The van der Waals surface area contributed by atoms with Crippen molar-refractivity contribution in [3.05, 3.63) is 75.8 Å². The standard InChI is InChI=1S/C17H19N3O3/c1-12(14-8-5-9-15(10-14)20(22)23)17(19-16(21)11-18)13-6-3-2-4-7-13/h2-10,12,17H,11,18H2,1H3,(H,19,21). The van der Waals surface area contributed by atoms with Crippen molar-refractivity contribution in [2.45, 2.75) is 18.9 Å². The topological polar surface area (TPSA) is 98.3 Å². The second kappa shape index (κ2) is 7.51. The molecule has 6 nitrogen and oxygen atoms in total. The zero-order valence-electron chi connectivity index (χ0n) is 12.8. The van der Waals surface area contributed by atoms with E-state index in [0.717, 1.165) is 11.1 Å². The molecule has 0 heterocycles. The van der Waals surface area contributed by atoms with Gasteiger partial charge in [0.2, 0.25) is 5.91 Å². The number of nitrogens with zero attached hydrogens (tertiary/aromatic N) is 1. The Bertz CT molecular complexity index is 688. The number of nitro benzene ring substituents is 1. The van der Waals surface area contributed by atoms with Gasteiger partial charge in [-0.3, -0.25) is 14.9 Å². The highest BCUT2D eigenvalue weighted by molar-refractivity contribution is 5.78. The van der Waals surface area contributed by atoms with Gasteiger partial charge in [0.15, 0.2) is 0 Å². The number of non-ortho nitro benzene ring substituents is 1. The molecule has 2 atom stereocenters. The molecule has 120 valence electrons. The number of carbonyl (C=O) groups excluding carboxylic acids is 1. The Hall–Kier alpha value is -2.73. The average Bonchev–Trinajstić information content (AvgIpc) is 2.59. The summed E-state index contributed by atoms with van der Waals surface area (Å²) < 4.78 is 0. The van der Waals surface area contributed by atoms with Gasteiger partial charge in [-0.2, -0.15) is 0 Å². The minimum absolute atomic E-state index is 0.0336. The van der Waals surface area contributed by atoms with Crippen LogP contribution in [0.5, 0.6) is 0 Å². The molecule has 0 fully saturated rings. The highest BCUT2D eigenvalue weighted by Gasteiger charge is 2.23. The van der Waals surface area contributed by atoms with Crippen LogP contribution in [0.4, 0.5) is 5.69 Å². The molecule has 0 aliphatic rings. The number of nitrogens with two attached hydrogens (primary N) is 1. The van der Waals surface area contributed by atoms with Gasteiger partial charge in [0.05, 0.1) is 17.5 Å². The molecule has 0 aliphatic heterocycles. The molecule has 2 aromatic carbocycles. The van der Waals surface area contributed by atoms with Crippen molar-refractivity contribution in [1.82, 2.24) is 5.32 Å². The second-order valence-electron chi connectivity index (χ2n) is 5.30. The molecule has 3 N–H and O–H groups in total. The molecule has 0 spiro atoms. The van der Waals surface area contributed by atoms with Crippen molar-refractivity contribution in [2.24, 2.45) is 5.73 Å². The lowest BCUT2D eigenvalue weighted by molar-refractivity contribution is -0.384. The number of benzene rings is 2. The fourth-order valence-corrected chi connectivity index (χ4v) is 2.50. The number of hydrogen-bond acceptors (Lipinski definition) is 4. The van der Waals surface area contributed by atoms with Gasteiger partial charge in [0, 0.05) is 18.1 Å². The van der Waals surface area contributed by atoms with Gasteiger partial charge in [0.25, 0.3) is 5.69 Å². The van der Waals surface area contributed by atoms with Gasteiger partial charge in [-0.15, -0.1) is 0 Å². The van der Waals surface area contributed by atoms with E-state index >= 15 is 0 Å². The summed E-state index contributed by atoms with van der Waals surface area (Å²) in [6, 6.07) is 15.6. The SMILES string of the molecule is CC(c1cccc([N+](=O)[O-])c1)C(NC(=O)CN)c1ccccc1. The molecule has 0 radical (unpaired) electrons. The Morgan fingerprint density at radius 2 is 1.83 bits per heavy atom. The Morgan fingerprint density at radius 3 is 2.43 bits per heavy atom. The average molecular weight is 313 g/mol. The van der Waals surface area contributed by atoms with E-state index < -0.39 is 4.92 Å². The zero-order valence-corrected chi connectivity index (χ0v) is 12.8. The largest absolute Gasteiger partial charge is 0.348 e. The first-order valence-electron chi connectivity index (χ1n) is 7.31. The number of nitro groups is 1. The Morgan fingerprint density at radius 1 is 1.17 bits per heavy atom. The van der Waals surface area contributed by atoms with Gasteiger partial charge in [0.1, 0.15) is 0 Å². The first kappa shape index (κ1) is 16.6. The molecule has 2 rings (SSSR count). The van der Waals surface area contributed by atoms with E-state index in [0.29, 0.717) is 0 Å². The molecule has 2 aromatic rings. The van der Waals surface area contributed by atoms with E-state index in [1.807, 2.05) is 43.3 Å². The van der Waals surface area contributed by atoms with Crippen LogP contribution in [0.3, 0.4) is 0 Å². The van der Waals surface area contributed by atoms with Crippen molar-refractivity contribution in [3.63, 3.8) is 0 Å². The van der Waals surface area contributed by atoms with E-state index in [9.17, 15) is 14.9 Å². The third-order valence-corrected chi connectivity index (χ3v) is 3.77. The summed E-state index contributed by atoms with van der Waals surface area (Å²) in [5, 5.41) is 13.9. The number of carbonyl (C=O) groups is 1. The van der Waals surface area contributed by atoms with E-state index in [2.05, 4.69) is 5.32 Å². The summed E-state index contributed by atoms with van der Waals surface area (Å²) >= 11 is 0. The molecule has 2 unspecified atom stereocenters. The first-order valence-corrected chi connectivity index (χ1v) is 7.31. The maximum Gasteiger partial charge on any atom is 0.269 e. The molecule has 0 aliphatic carbocycles. The zero-order chi connectivity index (χ0) is 16.8. The van der Waals surface area contributed by atoms with E-state index in [4.69, 9.17) is 5.73 Å². The lowest BCUT2D eigenvalue weighted by Crippen LogP contribution is -2.36. The van der Waals surface area contributed by atoms with Crippen molar-refractivity contribution in [3.8, 4) is 0 Å². The molecule has 0 saturated carbocycles. The lowest BCUT2D eigenvalue weighted by atomic mass is 9.88. The van der Waals surface area contributed by atoms with E-state index in [1.54, 1.807) is 6.07 Å². The third-order valence-electron chi connectivity index (χ3n) is 3.77. The molecule has 0 aromatic heterocycles. The fourth-order valence-electron chi connectivity index (χ4n) is 2.50. The highest BCUT2D eigenvalue weighted by Crippen LogP contribution is 2.32. The molecule has 1 amide bonds. The van der Waals surface area contributed by atoms with Gasteiger partial charge < -0.3 is 11.1 Å². The molecule has 0 bridgehead atoms. The molecule has 6 heteroatoms. The van der Waals surface area contributed by atoms with E-state index in [-0.39, 0.29) is 30.1 Å². The van der Waals surface area contributed by atoms with Crippen LogP contribution in [-0.2, 0) is 4.79 Å². The molecular formula is C17H19N3O3. The monoisotopic (exact) mass is 313 g/mol. The van der Waals surface area contributed by atoms with Crippen LogP contribution in [0.15, 0.2) is 54.6 Å². The first-order chi connectivity index (χ1) is 11.0. The normalized spacial score (nSPS) is 13.1. The Balaban J connectivity index is 2.36. The summed E-state index contributed by atoms with van der Waals surface area (Å²) in [7, 11) is 0. The molecule has 0 saturated heterocycles. The van der Waals surface area contributed by atoms with Crippen molar-refractivity contribution >= 4 is 11.6 Å². The van der Waals surface area contributed by atoms with Gasteiger partial charge in [-0.05, 0) is 11.1 Å². The summed E-state index contributed by atoms with van der Waals surface area (Å²) in [6.07, 6.45) is 0. The number of nitrogens with one attached hydrogen (secondary N) is 1. The number of amides is 1. The maximum atomic E-state index is 11.8. The van der Waals surface area contributed by atoms with Crippen LogP contribution in [-0.4, -0.2) is 17.4 Å². The van der Waals surface area contributed by atoms with Gasteiger partial charge >= 0.3 is 0 Å². The number of rotatable bonds is 6. The summed E-state index contributed by atoms with van der Waals surface area (Å²) in [5.74, 6) is -0.413. The third kappa shape index (κ3) is 4.14. The highest BCUT2D eigenvalue weighted by atomic mass is 16.6. The van der Waals surface area contributed by atoms with Gasteiger partial charge in [-0.1, -0.05) is 49.4 Å². The van der Waals surface area contributed by atoms with Crippen LogP contribution < -0.4 is 11.1 Å².